The van der Waals surface area contributed by atoms with E-state index in [-0.39, 0.29) is 24.4 Å². The maximum Gasteiger partial charge on any atom is 0.320 e. The SMILES string of the molecule is O=C(Oc1cccc2ccccc12)C1(CO)CC2c3ccccc3C1c1ccccc12. The molecule has 1 N–H and O–H groups in total. The normalized spacial score (nSPS) is 23.3. The predicted octanol–water partition coefficient (Wildman–Crippen LogP) is 5.41. The highest BCUT2D eigenvalue weighted by Gasteiger charge is 2.57. The van der Waals surface area contributed by atoms with E-state index in [0.29, 0.717) is 12.2 Å². The molecule has 0 radical (unpaired) electrons. The molecule has 4 aromatic carbocycles. The van der Waals surface area contributed by atoms with Crippen molar-refractivity contribution in [1.29, 1.82) is 0 Å². The lowest BCUT2D eigenvalue weighted by atomic mass is 9.52. The number of aliphatic hydroxyl groups excluding tert-OH is 1. The van der Waals surface area contributed by atoms with Gasteiger partial charge in [0.05, 0.1) is 6.61 Å². The molecule has 2 bridgehead atoms. The zero-order chi connectivity index (χ0) is 21.0. The molecule has 0 spiro atoms. The molecule has 152 valence electrons. The lowest BCUT2D eigenvalue weighted by Crippen LogP contribution is -2.50. The summed E-state index contributed by atoms with van der Waals surface area (Å²) in [5.74, 6) is 0.0336. The van der Waals surface area contributed by atoms with Crippen molar-refractivity contribution < 1.29 is 14.6 Å². The number of esters is 1. The van der Waals surface area contributed by atoms with E-state index in [1.165, 1.54) is 11.1 Å². The van der Waals surface area contributed by atoms with Crippen LogP contribution in [0.2, 0.25) is 0 Å². The van der Waals surface area contributed by atoms with Gasteiger partial charge >= 0.3 is 5.97 Å². The monoisotopic (exact) mass is 406 g/mol. The molecule has 0 aliphatic heterocycles. The van der Waals surface area contributed by atoms with Crippen LogP contribution in [0, 0.1) is 5.41 Å². The molecule has 0 amide bonds. The second-order valence-corrected chi connectivity index (χ2v) is 8.63. The molecule has 3 aliphatic carbocycles. The fraction of sp³-hybridized carbons (Fsp3) is 0.179. The quantitative estimate of drug-likeness (QED) is 0.366. The molecule has 1 unspecified atom stereocenters. The number of rotatable bonds is 3. The first-order chi connectivity index (χ1) is 15.2. The van der Waals surface area contributed by atoms with Gasteiger partial charge in [-0.25, -0.2) is 0 Å². The Bertz CT molecular complexity index is 1270. The van der Waals surface area contributed by atoms with Crippen molar-refractivity contribution in [3.8, 4) is 5.75 Å². The van der Waals surface area contributed by atoms with E-state index in [2.05, 4.69) is 36.4 Å². The van der Waals surface area contributed by atoms with Gasteiger partial charge in [0.15, 0.2) is 0 Å². The van der Waals surface area contributed by atoms with Gasteiger partial charge in [0, 0.05) is 17.2 Å². The zero-order valence-corrected chi connectivity index (χ0v) is 17.0. The van der Waals surface area contributed by atoms with Gasteiger partial charge in [-0.05, 0) is 40.1 Å². The van der Waals surface area contributed by atoms with Crippen LogP contribution < -0.4 is 4.74 Å². The molecule has 4 aromatic rings. The van der Waals surface area contributed by atoms with Crippen molar-refractivity contribution in [2.45, 2.75) is 18.3 Å². The van der Waals surface area contributed by atoms with Gasteiger partial charge in [-0.1, -0.05) is 84.9 Å². The van der Waals surface area contributed by atoms with Crippen LogP contribution in [0.1, 0.15) is 40.5 Å². The third-order valence-electron chi connectivity index (χ3n) is 7.13. The summed E-state index contributed by atoms with van der Waals surface area (Å²) < 4.78 is 6.05. The van der Waals surface area contributed by atoms with Crippen LogP contribution in [0.15, 0.2) is 91.0 Å². The molecule has 3 aliphatic rings. The maximum atomic E-state index is 13.8. The molecule has 0 saturated heterocycles. The highest BCUT2D eigenvalue weighted by Crippen LogP contribution is 2.61. The first-order valence-electron chi connectivity index (χ1n) is 10.7. The van der Waals surface area contributed by atoms with Crippen LogP contribution in [0.4, 0.5) is 0 Å². The maximum absolute atomic E-state index is 13.8. The summed E-state index contributed by atoms with van der Waals surface area (Å²) >= 11 is 0. The first kappa shape index (κ1) is 18.3. The van der Waals surface area contributed by atoms with E-state index in [9.17, 15) is 9.90 Å². The minimum Gasteiger partial charge on any atom is -0.425 e. The topological polar surface area (TPSA) is 46.5 Å². The van der Waals surface area contributed by atoms with Crippen LogP contribution in [-0.4, -0.2) is 17.7 Å². The number of hydrogen-bond acceptors (Lipinski definition) is 3. The predicted molar refractivity (Wildman–Crippen MR) is 120 cm³/mol. The third-order valence-corrected chi connectivity index (χ3v) is 7.13. The number of hydrogen-bond donors (Lipinski definition) is 1. The average Bonchev–Trinajstić information content (AvgIpc) is 2.84. The van der Waals surface area contributed by atoms with Crippen LogP contribution in [0.3, 0.4) is 0 Å². The summed E-state index contributed by atoms with van der Waals surface area (Å²) in [4.78, 5) is 13.8. The number of carbonyl (C=O) groups excluding carboxylic acids is 1. The van der Waals surface area contributed by atoms with Gasteiger partial charge in [0.2, 0.25) is 0 Å². The fourth-order valence-electron chi connectivity index (χ4n) is 5.72. The number of ether oxygens (including phenoxy) is 1. The Balaban J connectivity index is 1.49. The van der Waals surface area contributed by atoms with E-state index in [1.807, 2.05) is 54.6 Å². The number of fused-ring (bicyclic) bond motifs is 2. The Kier molecular flexibility index (Phi) is 4.02. The summed E-state index contributed by atoms with van der Waals surface area (Å²) in [6.45, 7) is -0.250. The summed E-state index contributed by atoms with van der Waals surface area (Å²) in [7, 11) is 0. The molecule has 0 fully saturated rings. The van der Waals surface area contributed by atoms with Crippen LogP contribution in [0.5, 0.6) is 5.75 Å². The van der Waals surface area contributed by atoms with Crippen molar-refractivity contribution >= 4 is 16.7 Å². The molecule has 3 heteroatoms. The van der Waals surface area contributed by atoms with Crippen LogP contribution in [0.25, 0.3) is 10.8 Å². The Labute approximate surface area is 180 Å². The van der Waals surface area contributed by atoms with Crippen molar-refractivity contribution in [2.24, 2.45) is 5.41 Å². The van der Waals surface area contributed by atoms with Crippen LogP contribution >= 0.6 is 0 Å². The van der Waals surface area contributed by atoms with E-state index < -0.39 is 5.41 Å². The largest absolute Gasteiger partial charge is 0.425 e. The van der Waals surface area contributed by atoms with Crippen molar-refractivity contribution in [3.63, 3.8) is 0 Å². The highest BCUT2D eigenvalue weighted by atomic mass is 16.5. The molecule has 7 rings (SSSR count). The Morgan fingerprint density at radius 2 is 1.39 bits per heavy atom. The molecule has 1 atom stereocenters. The minimum atomic E-state index is -1.01. The molecule has 0 saturated carbocycles. The lowest BCUT2D eigenvalue weighted by Gasteiger charge is -2.50. The summed E-state index contributed by atoms with van der Waals surface area (Å²) in [6.07, 6.45) is 0.547. The number of carbonyl (C=O) groups is 1. The van der Waals surface area contributed by atoms with Crippen molar-refractivity contribution in [3.05, 3.63) is 113 Å². The number of aliphatic hydroxyl groups is 1. The van der Waals surface area contributed by atoms with E-state index in [1.54, 1.807) is 0 Å². The van der Waals surface area contributed by atoms with Gasteiger partial charge in [-0.2, -0.15) is 0 Å². The zero-order valence-electron chi connectivity index (χ0n) is 17.0. The fourth-order valence-corrected chi connectivity index (χ4v) is 5.72. The van der Waals surface area contributed by atoms with E-state index in [4.69, 9.17) is 4.74 Å². The van der Waals surface area contributed by atoms with E-state index in [0.717, 1.165) is 21.9 Å². The second-order valence-electron chi connectivity index (χ2n) is 8.63. The number of benzene rings is 4. The first-order valence-corrected chi connectivity index (χ1v) is 10.7. The smallest absolute Gasteiger partial charge is 0.320 e. The third kappa shape index (κ3) is 2.53. The van der Waals surface area contributed by atoms with Crippen LogP contribution in [-0.2, 0) is 4.79 Å². The molecular formula is C28H22O3. The Hall–Kier alpha value is -3.43. The highest BCUT2D eigenvalue weighted by molar-refractivity contribution is 5.92. The van der Waals surface area contributed by atoms with Crippen molar-refractivity contribution in [1.82, 2.24) is 0 Å². The minimum absolute atomic E-state index is 0.0737. The second kappa shape index (κ2) is 6.79. The van der Waals surface area contributed by atoms with Gasteiger partial charge in [0.1, 0.15) is 11.2 Å². The standard InChI is InChI=1S/C28H22O3/c29-17-28(27(30)31-25-15-7-9-18-8-1-2-10-19(18)25)16-24-20-11-3-5-13-22(20)26(28)23-14-6-4-12-21(23)24/h1-15,24,26,29H,16-17H2. The summed E-state index contributed by atoms with van der Waals surface area (Å²) in [6, 6.07) is 30.2. The average molecular weight is 406 g/mol. The molecular weight excluding hydrogens is 384 g/mol. The van der Waals surface area contributed by atoms with Gasteiger partial charge < -0.3 is 9.84 Å². The van der Waals surface area contributed by atoms with Gasteiger partial charge in [0.25, 0.3) is 0 Å². The summed E-state index contributed by atoms with van der Waals surface area (Å²) in [5, 5.41) is 12.6. The summed E-state index contributed by atoms with van der Waals surface area (Å²) in [5.41, 5.74) is 3.76. The van der Waals surface area contributed by atoms with Gasteiger partial charge in [-0.3, -0.25) is 4.79 Å². The molecule has 0 aromatic heterocycles. The molecule has 0 heterocycles. The van der Waals surface area contributed by atoms with Crippen molar-refractivity contribution in [2.75, 3.05) is 6.61 Å². The van der Waals surface area contributed by atoms with Gasteiger partial charge in [-0.15, -0.1) is 0 Å². The lowest BCUT2D eigenvalue weighted by molar-refractivity contribution is -0.151. The Morgan fingerprint density at radius 1 is 0.806 bits per heavy atom. The molecule has 3 nitrogen and oxygen atoms in total. The van der Waals surface area contributed by atoms with E-state index >= 15 is 0 Å². The Morgan fingerprint density at radius 3 is 2.06 bits per heavy atom. The molecule has 31 heavy (non-hydrogen) atoms.